The highest BCUT2D eigenvalue weighted by Crippen LogP contribution is 2.23. The van der Waals surface area contributed by atoms with Gasteiger partial charge in [0, 0.05) is 5.39 Å². The lowest BCUT2D eigenvalue weighted by molar-refractivity contribution is 0.0599. The van der Waals surface area contributed by atoms with Gasteiger partial charge in [0.1, 0.15) is 0 Å². The summed E-state index contributed by atoms with van der Waals surface area (Å²) in [6, 6.07) is 19.2. The Balaban J connectivity index is 1.74. The number of carbonyl (C=O) groups excluding carboxylic acids is 1. The molecule has 3 aromatic carbocycles. The molecule has 0 radical (unpaired) electrons. The SMILES string of the molecule is COC(=O)c1ccccc1Cn1ncc2cc(S(=O)(=O)c3ccccc3)ccc2c1=O. The number of benzene rings is 3. The van der Waals surface area contributed by atoms with Crippen molar-refractivity contribution in [1.29, 1.82) is 0 Å². The molecule has 0 unspecified atom stereocenters. The normalized spacial score (nSPS) is 11.4. The summed E-state index contributed by atoms with van der Waals surface area (Å²) in [7, 11) is -2.42. The summed E-state index contributed by atoms with van der Waals surface area (Å²) in [5.74, 6) is -0.500. The third-order valence-corrected chi connectivity index (χ3v) is 6.70. The molecule has 0 saturated heterocycles. The number of hydrogen-bond donors (Lipinski definition) is 0. The Bertz CT molecular complexity index is 1440. The predicted molar refractivity (Wildman–Crippen MR) is 115 cm³/mol. The molecule has 31 heavy (non-hydrogen) atoms. The summed E-state index contributed by atoms with van der Waals surface area (Å²) >= 11 is 0. The van der Waals surface area contributed by atoms with Crippen molar-refractivity contribution in [3.8, 4) is 0 Å². The fourth-order valence-corrected chi connectivity index (χ4v) is 4.63. The summed E-state index contributed by atoms with van der Waals surface area (Å²) in [5.41, 5.74) is 0.551. The summed E-state index contributed by atoms with van der Waals surface area (Å²) in [6.07, 6.45) is 1.45. The van der Waals surface area contributed by atoms with E-state index in [1.54, 1.807) is 42.5 Å². The first-order valence-corrected chi connectivity index (χ1v) is 10.9. The fraction of sp³-hybridized carbons (Fsp3) is 0.0870. The lowest BCUT2D eigenvalue weighted by Gasteiger charge is -2.10. The minimum Gasteiger partial charge on any atom is -0.465 e. The maximum atomic E-state index is 12.9. The topological polar surface area (TPSA) is 95.3 Å². The molecule has 0 N–H and O–H groups in total. The van der Waals surface area contributed by atoms with E-state index in [2.05, 4.69) is 5.10 Å². The van der Waals surface area contributed by atoms with Gasteiger partial charge in [-0.2, -0.15) is 5.10 Å². The van der Waals surface area contributed by atoms with E-state index in [4.69, 9.17) is 4.74 Å². The van der Waals surface area contributed by atoms with Gasteiger partial charge in [0.15, 0.2) is 0 Å². The molecule has 0 aliphatic rings. The van der Waals surface area contributed by atoms with Gasteiger partial charge in [-0.1, -0.05) is 36.4 Å². The Morgan fingerprint density at radius 3 is 2.42 bits per heavy atom. The average molecular weight is 434 g/mol. The van der Waals surface area contributed by atoms with Crippen LogP contribution in [0, 0.1) is 0 Å². The standard InChI is InChI=1S/C23H18N2O5S/c1-30-23(27)21-10-6-5-7-16(21)15-25-22(26)20-12-11-19(13-17(20)14-24-25)31(28,29)18-8-3-2-4-9-18/h2-14H,15H2,1H3. The highest BCUT2D eigenvalue weighted by atomic mass is 32.2. The van der Waals surface area contributed by atoms with Crippen molar-refractivity contribution < 1.29 is 17.9 Å². The van der Waals surface area contributed by atoms with E-state index in [0.29, 0.717) is 21.9 Å². The molecule has 4 aromatic rings. The number of rotatable bonds is 5. The average Bonchev–Trinajstić information content (AvgIpc) is 2.81. The van der Waals surface area contributed by atoms with E-state index < -0.39 is 15.8 Å². The molecule has 0 fully saturated rings. The van der Waals surface area contributed by atoms with Crippen LogP contribution in [0.4, 0.5) is 0 Å². The van der Waals surface area contributed by atoms with Gasteiger partial charge < -0.3 is 4.74 Å². The smallest absolute Gasteiger partial charge is 0.338 e. The highest BCUT2D eigenvalue weighted by Gasteiger charge is 2.19. The number of sulfone groups is 1. The van der Waals surface area contributed by atoms with Crippen molar-refractivity contribution in [3.63, 3.8) is 0 Å². The Morgan fingerprint density at radius 2 is 1.68 bits per heavy atom. The fourth-order valence-electron chi connectivity index (χ4n) is 3.31. The third-order valence-electron chi connectivity index (χ3n) is 4.93. The van der Waals surface area contributed by atoms with Gasteiger partial charge in [-0.3, -0.25) is 4.79 Å². The lowest BCUT2D eigenvalue weighted by atomic mass is 10.1. The van der Waals surface area contributed by atoms with Gasteiger partial charge in [0.05, 0.1) is 40.6 Å². The number of methoxy groups -OCH3 is 1. The van der Waals surface area contributed by atoms with Crippen molar-refractivity contribution in [2.24, 2.45) is 0 Å². The van der Waals surface area contributed by atoms with Crippen LogP contribution in [-0.2, 0) is 21.1 Å². The zero-order valence-electron chi connectivity index (χ0n) is 16.6. The largest absolute Gasteiger partial charge is 0.465 e. The first-order chi connectivity index (χ1) is 14.9. The Morgan fingerprint density at radius 1 is 0.968 bits per heavy atom. The first-order valence-electron chi connectivity index (χ1n) is 9.38. The maximum absolute atomic E-state index is 12.9. The molecule has 0 aliphatic carbocycles. The monoisotopic (exact) mass is 434 g/mol. The highest BCUT2D eigenvalue weighted by molar-refractivity contribution is 7.91. The molecule has 1 aromatic heterocycles. The second-order valence-corrected chi connectivity index (χ2v) is 8.77. The Labute approximate surface area is 178 Å². The van der Waals surface area contributed by atoms with E-state index in [1.165, 1.54) is 48.3 Å². The second-order valence-electron chi connectivity index (χ2n) is 6.82. The molecule has 0 saturated carbocycles. The quantitative estimate of drug-likeness (QED) is 0.448. The van der Waals surface area contributed by atoms with E-state index in [1.807, 2.05) is 0 Å². The van der Waals surface area contributed by atoms with Crippen molar-refractivity contribution >= 4 is 26.6 Å². The molecule has 0 spiro atoms. The van der Waals surface area contributed by atoms with E-state index >= 15 is 0 Å². The number of hydrogen-bond acceptors (Lipinski definition) is 6. The Kier molecular flexibility index (Phi) is 5.39. The van der Waals surface area contributed by atoms with Crippen molar-refractivity contribution in [2.75, 3.05) is 7.11 Å². The molecular weight excluding hydrogens is 416 g/mol. The number of nitrogens with zero attached hydrogens (tertiary/aromatic N) is 2. The molecule has 0 bridgehead atoms. The third kappa shape index (κ3) is 3.85. The van der Waals surface area contributed by atoms with Crippen LogP contribution >= 0.6 is 0 Å². The van der Waals surface area contributed by atoms with Gasteiger partial charge >= 0.3 is 5.97 Å². The van der Waals surface area contributed by atoms with Crippen LogP contribution in [-0.4, -0.2) is 31.3 Å². The molecule has 0 aliphatic heterocycles. The van der Waals surface area contributed by atoms with Crippen molar-refractivity contribution in [3.05, 3.63) is 100 Å². The van der Waals surface area contributed by atoms with Gasteiger partial charge in [0.2, 0.25) is 9.84 Å². The summed E-state index contributed by atoms with van der Waals surface area (Å²) < 4.78 is 31.7. The molecule has 8 heteroatoms. The Hall–Kier alpha value is -3.78. The van der Waals surface area contributed by atoms with E-state index in [-0.39, 0.29) is 21.9 Å². The number of aromatic nitrogens is 2. The minimum atomic E-state index is -3.71. The number of ether oxygens (including phenoxy) is 1. The number of esters is 1. The van der Waals surface area contributed by atoms with Gasteiger partial charge in [0.25, 0.3) is 5.56 Å². The van der Waals surface area contributed by atoms with E-state index in [0.717, 1.165) is 0 Å². The predicted octanol–water partition coefficient (Wildman–Crippen LogP) is 3.06. The minimum absolute atomic E-state index is 0.0735. The van der Waals surface area contributed by atoms with Crippen LogP contribution in [0.15, 0.2) is 93.6 Å². The van der Waals surface area contributed by atoms with Crippen molar-refractivity contribution in [2.45, 2.75) is 16.3 Å². The van der Waals surface area contributed by atoms with Crippen LogP contribution < -0.4 is 5.56 Å². The van der Waals surface area contributed by atoms with Gasteiger partial charge in [-0.05, 0) is 42.0 Å². The van der Waals surface area contributed by atoms with Crippen LogP contribution in [0.3, 0.4) is 0 Å². The molecule has 1 heterocycles. The van der Waals surface area contributed by atoms with Crippen LogP contribution in [0.5, 0.6) is 0 Å². The number of carbonyl (C=O) groups is 1. The molecule has 0 atom stereocenters. The zero-order valence-corrected chi connectivity index (χ0v) is 17.4. The molecule has 156 valence electrons. The summed E-state index contributed by atoms with van der Waals surface area (Å²) in [5, 5.41) is 4.93. The van der Waals surface area contributed by atoms with Gasteiger partial charge in [-0.25, -0.2) is 17.9 Å². The molecule has 7 nitrogen and oxygen atoms in total. The first kappa shape index (κ1) is 20.5. The zero-order chi connectivity index (χ0) is 22.0. The molecule has 0 amide bonds. The van der Waals surface area contributed by atoms with Crippen molar-refractivity contribution in [1.82, 2.24) is 9.78 Å². The van der Waals surface area contributed by atoms with Crippen LogP contribution in [0.1, 0.15) is 15.9 Å². The number of fused-ring (bicyclic) bond motifs is 1. The summed E-state index contributed by atoms with van der Waals surface area (Å²) in [6.45, 7) is 0.0735. The second kappa shape index (κ2) is 8.16. The lowest BCUT2D eigenvalue weighted by Crippen LogP contribution is -2.24. The van der Waals surface area contributed by atoms with Crippen LogP contribution in [0.25, 0.3) is 10.8 Å². The van der Waals surface area contributed by atoms with E-state index in [9.17, 15) is 18.0 Å². The summed E-state index contributed by atoms with van der Waals surface area (Å²) in [4.78, 5) is 25.2. The van der Waals surface area contributed by atoms with Gasteiger partial charge in [-0.15, -0.1) is 0 Å². The molecule has 4 rings (SSSR count). The van der Waals surface area contributed by atoms with Crippen LogP contribution in [0.2, 0.25) is 0 Å². The molecular formula is C23H18N2O5S. The maximum Gasteiger partial charge on any atom is 0.338 e.